The van der Waals surface area contributed by atoms with Gasteiger partial charge in [0.15, 0.2) is 0 Å². The number of hydrogen-bond acceptors (Lipinski definition) is 7. The van der Waals surface area contributed by atoms with Crippen LogP contribution in [0.1, 0.15) is 74.5 Å². The first-order valence-electron chi connectivity index (χ1n) is 19.3. The smallest absolute Gasteiger partial charge is 0.407 e. The maximum Gasteiger partial charge on any atom is 0.407 e. The minimum absolute atomic E-state index is 0.116. The van der Waals surface area contributed by atoms with Gasteiger partial charge in [0.2, 0.25) is 0 Å². The minimum atomic E-state index is -0.500. The molecule has 0 bridgehead atoms. The van der Waals surface area contributed by atoms with Crippen molar-refractivity contribution in [3.63, 3.8) is 0 Å². The molecular weight excluding hydrogens is 701 g/mol. The lowest BCUT2D eigenvalue weighted by molar-refractivity contribution is -0.121. The van der Waals surface area contributed by atoms with Crippen molar-refractivity contribution in [3.05, 3.63) is 133 Å². The van der Waals surface area contributed by atoms with Crippen molar-refractivity contribution in [1.82, 2.24) is 30.3 Å². The normalized spacial score (nSPS) is 14.7. The highest BCUT2D eigenvalue weighted by atomic mass is 16.7. The lowest BCUT2D eigenvalue weighted by atomic mass is 9.97. The quantitative estimate of drug-likeness (QED) is 0.113. The van der Waals surface area contributed by atoms with Gasteiger partial charge in [-0.25, -0.2) is 19.6 Å². The number of nitrogens with one attached hydrogen (secondary N) is 3. The maximum atomic E-state index is 12.7. The largest absolute Gasteiger partial charge is 0.444 e. The zero-order chi connectivity index (χ0) is 38.6. The fourth-order valence-corrected chi connectivity index (χ4v) is 7.24. The molecule has 2 aromatic heterocycles. The first-order valence-corrected chi connectivity index (χ1v) is 19.3. The fourth-order valence-electron chi connectivity index (χ4n) is 7.24. The van der Waals surface area contributed by atoms with E-state index in [0.29, 0.717) is 18.7 Å². The molecule has 3 N–H and O–H groups in total. The summed E-state index contributed by atoms with van der Waals surface area (Å²) in [6.45, 7) is 6.81. The van der Waals surface area contributed by atoms with Crippen LogP contribution in [-0.4, -0.2) is 55.8 Å². The first-order chi connectivity index (χ1) is 27.1. The van der Waals surface area contributed by atoms with Gasteiger partial charge in [0.05, 0.1) is 28.5 Å². The molecule has 284 valence electrons. The van der Waals surface area contributed by atoms with Gasteiger partial charge in [-0.05, 0) is 121 Å². The number of carbonyl (C=O) groups is 2. The summed E-state index contributed by atoms with van der Waals surface area (Å²) in [5.41, 5.74) is 8.47. The number of aromatic nitrogens is 4. The molecule has 0 radical (unpaired) electrons. The number of hydrogen-bond donors (Lipinski definition) is 3. The van der Waals surface area contributed by atoms with E-state index >= 15 is 0 Å². The summed E-state index contributed by atoms with van der Waals surface area (Å²) in [5.74, 6) is 1.38. The molecule has 10 nitrogen and oxygen atoms in total. The highest BCUT2D eigenvalue weighted by molar-refractivity contribution is 5.92. The number of alkyl carbamates (subject to hydrolysis) is 1. The third-order valence-electron chi connectivity index (χ3n) is 10.1. The van der Waals surface area contributed by atoms with E-state index in [0.717, 1.165) is 88.3 Å². The molecule has 3 heterocycles. The molecule has 1 fully saturated rings. The van der Waals surface area contributed by atoms with Crippen molar-refractivity contribution in [2.75, 3.05) is 13.1 Å². The predicted molar refractivity (Wildman–Crippen MR) is 220 cm³/mol. The number of aromatic amines is 2. The van der Waals surface area contributed by atoms with E-state index in [1.807, 2.05) is 45.2 Å². The molecule has 0 saturated carbocycles. The average Bonchev–Trinajstić information content (AvgIpc) is 3.97. The molecule has 1 aliphatic rings. The van der Waals surface area contributed by atoms with Crippen molar-refractivity contribution < 1.29 is 19.2 Å². The van der Waals surface area contributed by atoms with Gasteiger partial charge >= 0.3 is 12.1 Å². The highest BCUT2D eigenvalue weighted by Crippen LogP contribution is 2.34. The Morgan fingerprint density at radius 1 is 0.804 bits per heavy atom. The first kappa shape index (κ1) is 36.7. The third-order valence-corrected chi connectivity index (χ3v) is 10.1. The molecule has 56 heavy (non-hydrogen) atoms. The number of hydroxylamine groups is 2. The van der Waals surface area contributed by atoms with Crippen molar-refractivity contribution in [3.8, 4) is 33.5 Å². The Morgan fingerprint density at radius 2 is 1.50 bits per heavy atom. The Morgan fingerprint density at radius 3 is 2.27 bits per heavy atom. The van der Waals surface area contributed by atoms with Crippen LogP contribution in [0.3, 0.4) is 0 Å². The number of fused-ring (bicyclic) bond motifs is 2. The Kier molecular flexibility index (Phi) is 10.4. The number of benzene rings is 5. The number of unbranched alkanes of at least 4 members (excludes halogenated alkanes) is 1. The molecule has 0 unspecified atom stereocenters. The summed E-state index contributed by atoms with van der Waals surface area (Å²) >= 11 is 0. The van der Waals surface area contributed by atoms with Crippen LogP contribution in [0.25, 0.3) is 55.3 Å². The van der Waals surface area contributed by atoms with Gasteiger partial charge in [0, 0.05) is 19.5 Å². The molecule has 0 spiro atoms. The van der Waals surface area contributed by atoms with Crippen LogP contribution in [0, 0.1) is 0 Å². The topological polar surface area (TPSA) is 125 Å². The lowest BCUT2D eigenvalue weighted by Crippen LogP contribution is -2.33. The number of ether oxygens (including phenoxy) is 1. The molecule has 1 amide bonds. The average molecular weight is 747 g/mol. The van der Waals surface area contributed by atoms with Crippen LogP contribution < -0.4 is 5.32 Å². The van der Waals surface area contributed by atoms with E-state index in [4.69, 9.17) is 19.5 Å². The molecule has 7 aromatic rings. The third kappa shape index (κ3) is 8.50. The summed E-state index contributed by atoms with van der Waals surface area (Å²) in [4.78, 5) is 46.9. The van der Waals surface area contributed by atoms with Gasteiger partial charge in [0.1, 0.15) is 23.3 Å². The Bertz CT molecular complexity index is 2480. The molecule has 10 heteroatoms. The van der Waals surface area contributed by atoms with Crippen LogP contribution in [0.5, 0.6) is 0 Å². The van der Waals surface area contributed by atoms with Crippen LogP contribution in [0.15, 0.2) is 115 Å². The van der Waals surface area contributed by atoms with E-state index < -0.39 is 5.60 Å². The SMILES string of the molecule is CC(C)(C)OC(=O)NCCCCc1nc2ccc(-c3ccc4ccc(-c5ccc(-c6cnc([C@@H]7CCCN7OC(=O)c7ccccc7)[nH]6)cc5)cc4c3)cc2[nH]1. The standard InChI is InChI=1S/C46H46N6O4/c1-46(2,3)55-45(54)47-24-8-7-13-42-49-38-23-22-36(28-39(38)50-42)35-21-17-31-16-20-34(26-37(31)27-35)30-14-18-32(19-15-30)40-29-48-43(51-40)41-12-9-25-52(41)56-44(53)33-10-5-4-6-11-33/h4-6,10-11,14-23,26-29,41H,7-9,12-13,24-25H2,1-3H3,(H,47,54)(H,48,51)(H,49,50)/t41-/m0/s1. The summed E-state index contributed by atoms with van der Waals surface area (Å²) < 4.78 is 5.31. The summed E-state index contributed by atoms with van der Waals surface area (Å²) in [6.07, 6.45) is 5.79. The van der Waals surface area contributed by atoms with Gasteiger partial charge in [0.25, 0.3) is 0 Å². The molecule has 1 atom stereocenters. The number of H-pyrrole nitrogens is 2. The molecule has 5 aromatic carbocycles. The van der Waals surface area contributed by atoms with Crippen molar-refractivity contribution >= 4 is 33.9 Å². The fraction of sp³-hybridized carbons (Fsp3) is 0.261. The molecular formula is C46H46N6O4. The number of imidazole rings is 2. The molecule has 1 aliphatic heterocycles. The second-order valence-electron chi connectivity index (χ2n) is 15.4. The van der Waals surface area contributed by atoms with Crippen molar-refractivity contribution in [1.29, 1.82) is 0 Å². The number of aryl methyl sites for hydroxylation is 1. The predicted octanol–water partition coefficient (Wildman–Crippen LogP) is 10.2. The van der Waals surface area contributed by atoms with E-state index in [9.17, 15) is 9.59 Å². The van der Waals surface area contributed by atoms with E-state index in [1.165, 1.54) is 10.8 Å². The van der Waals surface area contributed by atoms with E-state index in [1.54, 1.807) is 17.2 Å². The summed E-state index contributed by atoms with van der Waals surface area (Å²) in [7, 11) is 0. The van der Waals surface area contributed by atoms with Gasteiger partial charge < -0.3 is 24.9 Å². The number of carbonyl (C=O) groups excluding carboxylic acids is 2. The maximum absolute atomic E-state index is 12.7. The van der Waals surface area contributed by atoms with E-state index in [-0.39, 0.29) is 18.1 Å². The minimum Gasteiger partial charge on any atom is -0.444 e. The zero-order valence-electron chi connectivity index (χ0n) is 32.0. The second kappa shape index (κ2) is 15.8. The van der Waals surface area contributed by atoms with Crippen molar-refractivity contribution in [2.24, 2.45) is 0 Å². The second-order valence-corrected chi connectivity index (χ2v) is 15.4. The van der Waals surface area contributed by atoms with Gasteiger partial charge in [-0.15, -0.1) is 5.06 Å². The summed E-state index contributed by atoms with van der Waals surface area (Å²) in [5, 5.41) is 6.92. The van der Waals surface area contributed by atoms with Crippen LogP contribution >= 0.6 is 0 Å². The summed E-state index contributed by atoms with van der Waals surface area (Å²) in [6, 6.07) is 37.0. The van der Waals surface area contributed by atoms with Crippen molar-refractivity contribution in [2.45, 2.75) is 64.5 Å². The van der Waals surface area contributed by atoms with Crippen LogP contribution in [0.2, 0.25) is 0 Å². The highest BCUT2D eigenvalue weighted by Gasteiger charge is 2.32. The Labute approximate surface area is 326 Å². The zero-order valence-corrected chi connectivity index (χ0v) is 32.0. The monoisotopic (exact) mass is 746 g/mol. The Balaban J connectivity index is 0.911. The molecule has 0 aliphatic carbocycles. The number of amides is 1. The number of rotatable bonds is 11. The van der Waals surface area contributed by atoms with Crippen LogP contribution in [-0.2, 0) is 16.0 Å². The molecule has 1 saturated heterocycles. The van der Waals surface area contributed by atoms with Gasteiger partial charge in [-0.1, -0.05) is 72.8 Å². The number of nitrogens with zero attached hydrogens (tertiary/aromatic N) is 3. The molecule has 8 rings (SSSR count). The lowest BCUT2D eigenvalue weighted by Gasteiger charge is -2.21. The van der Waals surface area contributed by atoms with Crippen LogP contribution in [0.4, 0.5) is 4.79 Å². The van der Waals surface area contributed by atoms with Gasteiger partial charge in [-0.3, -0.25) is 0 Å². The van der Waals surface area contributed by atoms with E-state index in [2.05, 4.69) is 94.1 Å². The van der Waals surface area contributed by atoms with Gasteiger partial charge in [-0.2, -0.15) is 0 Å². The Hall–Kier alpha value is -6.26.